The first-order valence-corrected chi connectivity index (χ1v) is 8.80. The molecule has 0 saturated carbocycles. The van der Waals surface area contributed by atoms with Crippen molar-refractivity contribution in [1.82, 2.24) is 0 Å². The number of ether oxygens (including phenoxy) is 3. The van der Waals surface area contributed by atoms with Gasteiger partial charge in [0.1, 0.15) is 12.4 Å². The average Bonchev–Trinajstić information content (AvgIpc) is 3.18. The number of benzene rings is 2. The number of halogens is 1. The first kappa shape index (κ1) is 18.4. The predicted molar refractivity (Wildman–Crippen MR) is 97.0 cm³/mol. The lowest BCUT2D eigenvalue weighted by Gasteiger charge is -2.11. The van der Waals surface area contributed by atoms with Gasteiger partial charge in [-0.25, -0.2) is 4.79 Å². The van der Waals surface area contributed by atoms with E-state index in [2.05, 4.69) is 0 Å². The van der Waals surface area contributed by atoms with Crippen LogP contribution >= 0.6 is 11.6 Å². The Morgan fingerprint density at radius 3 is 2.62 bits per heavy atom. The molecule has 2 aromatic rings. The molecule has 0 N–H and O–H groups in total. The van der Waals surface area contributed by atoms with Crippen LogP contribution in [0.2, 0.25) is 5.02 Å². The van der Waals surface area contributed by atoms with E-state index in [0.717, 1.165) is 19.4 Å². The Balaban J connectivity index is 1.49. The highest BCUT2D eigenvalue weighted by molar-refractivity contribution is 6.31. The number of hydrogen-bond donors (Lipinski definition) is 0. The zero-order valence-electron chi connectivity index (χ0n) is 14.2. The van der Waals surface area contributed by atoms with Crippen molar-refractivity contribution in [3.8, 4) is 5.75 Å². The third-order valence-corrected chi connectivity index (χ3v) is 4.27. The Labute approximate surface area is 156 Å². The van der Waals surface area contributed by atoms with Crippen molar-refractivity contribution in [2.45, 2.75) is 18.9 Å². The van der Waals surface area contributed by atoms with Crippen LogP contribution in [0.25, 0.3) is 0 Å². The molecule has 0 amide bonds. The van der Waals surface area contributed by atoms with Gasteiger partial charge in [0.15, 0.2) is 12.4 Å². The molecule has 0 unspecified atom stereocenters. The second-order valence-electron chi connectivity index (χ2n) is 5.98. The van der Waals surface area contributed by atoms with Crippen LogP contribution in [0.3, 0.4) is 0 Å². The van der Waals surface area contributed by atoms with Crippen molar-refractivity contribution in [1.29, 1.82) is 0 Å². The van der Waals surface area contributed by atoms with Crippen molar-refractivity contribution >= 4 is 23.4 Å². The molecule has 136 valence electrons. The third-order valence-electron chi connectivity index (χ3n) is 4.03. The van der Waals surface area contributed by atoms with E-state index in [1.165, 1.54) is 6.07 Å². The van der Waals surface area contributed by atoms with Crippen molar-refractivity contribution < 1.29 is 23.8 Å². The maximum absolute atomic E-state index is 12.1. The zero-order valence-corrected chi connectivity index (χ0v) is 14.9. The van der Waals surface area contributed by atoms with Gasteiger partial charge < -0.3 is 14.2 Å². The van der Waals surface area contributed by atoms with Gasteiger partial charge >= 0.3 is 5.97 Å². The maximum atomic E-state index is 12.1. The predicted octanol–water partition coefficient (Wildman–Crippen LogP) is 3.94. The first-order chi connectivity index (χ1) is 12.6. The van der Waals surface area contributed by atoms with E-state index in [4.69, 9.17) is 25.8 Å². The molecule has 1 aliphatic rings. The summed E-state index contributed by atoms with van der Waals surface area (Å²) in [5, 5.41) is 0.459. The Morgan fingerprint density at radius 2 is 1.92 bits per heavy atom. The van der Waals surface area contributed by atoms with Crippen LogP contribution in [0.5, 0.6) is 5.75 Å². The number of hydrogen-bond acceptors (Lipinski definition) is 5. The van der Waals surface area contributed by atoms with Crippen LogP contribution in [0.4, 0.5) is 0 Å². The molecule has 3 rings (SSSR count). The lowest BCUT2D eigenvalue weighted by molar-refractivity contribution is 0.0474. The number of rotatable bonds is 7. The molecular formula is C20H19ClO5. The fourth-order valence-electron chi connectivity index (χ4n) is 2.61. The van der Waals surface area contributed by atoms with E-state index in [0.29, 0.717) is 28.5 Å². The van der Waals surface area contributed by atoms with Crippen LogP contribution in [0.15, 0.2) is 48.5 Å². The van der Waals surface area contributed by atoms with Crippen molar-refractivity contribution in [2.75, 3.05) is 19.8 Å². The summed E-state index contributed by atoms with van der Waals surface area (Å²) in [4.78, 5) is 24.1. The standard InChI is InChI=1S/C20H19ClO5/c21-16-4-1-3-15(11-16)19(22)13-26-20(23)14-6-8-17(9-7-14)25-12-18-5-2-10-24-18/h1,3-4,6-9,11,18H,2,5,10,12-13H2/t18-/m1/s1. The highest BCUT2D eigenvalue weighted by Gasteiger charge is 2.16. The molecule has 1 aliphatic heterocycles. The number of Topliss-reactive ketones (excluding diaryl/α,β-unsaturated/α-hetero) is 1. The number of esters is 1. The lowest BCUT2D eigenvalue weighted by Crippen LogP contribution is -2.16. The normalized spacial score (nSPS) is 16.3. The Kier molecular flexibility index (Phi) is 6.26. The average molecular weight is 375 g/mol. The molecule has 2 aromatic carbocycles. The maximum Gasteiger partial charge on any atom is 0.338 e. The summed E-state index contributed by atoms with van der Waals surface area (Å²) in [6.07, 6.45) is 2.20. The highest BCUT2D eigenvalue weighted by Crippen LogP contribution is 2.17. The van der Waals surface area contributed by atoms with Gasteiger partial charge in [-0.3, -0.25) is 4.79 Å². The fourth-order valence-corrected chi connectivity index (χ4v) is 2.80. The lowest BCUT2D eigenvalue weighted by atomic mass is 10.1. The Hall–Kier alpha value is -2.37. The number of carbonyl (C=O) groups excluding carboxylic acids is 2. The van der Waals surface area contributed by atoms with E-state index < -0.39 is 5.97 Å². The van der Waals surface area contributed by atoms with Crippen molar-refractivity contribution in [3.63, 3.8) is 0 Å². The SMILES string of the molecule is O=C(COC(=O)c1ccc(OC[C@H]2CCCO2)cc1)c1cccc(Cl)c1. The molecule has 0 radical (unpaired) electrons. The van der Waals surface area contributed by atoms with E-state index >= 15 is 0 Å². The zero-order chi connectivity index (χ0) is 18.4. The molecular weight excluding hydrogens is 356 g/mol. The summed E-state index contributed by atoms with van der Waals surface area (Å²) >= 11 is 5.85. The summed E-state index contributed by atoms with van der Waals surface area (Å²) in [5.41, 5.74) is 0.761. The van der Waals surface area contributed by atoms with Gasteiger partial charge in [0.05, 0.1) is 11.7 Å². The van der Waals surface area contributed by atoms with Crippen LogP contribution in [0, 0.1) is 0 Å². The molecule has 5 nitrogen and oxygen atoms in total. The topological polar surface area (TPSA) is 61.8 Å². The molecule has 0 bridgehead atoms. The summed E-state index contributed by atoms with van der Waals surface area (Å²) < 4.78 is 16.2. The smallest absolute Gasteiger partial charge is 0.338 e. The summed E-state index contributed by atoms with van der Waals surface area (Å²) in [7, 11) is 0. The van der Waals surface area contributed by atoms with Gasteiger partial charge in [-0.1, -0.05) is 23.7 Å². The van der Waals surface area contributed by atoms with Crippen LogP contribution in [0.1, 0.15) is 33.6 Å². The van der Waals surface area contributed by atoms with Gasteiger partial charge in [-0.2, -0.15) is 0 Å². The molecule has 0 spiro atoms. The molecule has 1 atom stereocenters. The Morgan fingerprint density at radius 1 is 1.12 bits per heavy atom. The Bertz CT molecular complexity index is 766. The third kappa shape index (κ3) is 5.07. The molecule has 1 heterocycles. The van der Waals surface area contributed by atoms with Crippen molar-refractivity contribution in [3.05, 3.63) is 64.7 Å². The second-order valence-corrected chi connectivity index (χ2v) is 6.42. The minimum absolute atomic E-state index is 0.136. The molecule has 1 saturated heterocycles. The minimum atomic E-state index is -0.564. The quantitative estimate of drug-likeness (QED) is 0.542. The molecule has 6 heteroatoms. The molecule has 26 heavy (non-hydrogen) atoms. The second kappa shape index (κ2) is 8.83. The highest BCUT2D eigenvalue weighted by atomic mass is 35.5. The summed E-state index contributed by atoms with van der Waals surface area (Å²) in [5.74, 6) is -0.213. The van der Waals surface area contributed by atoms with E-state index in [-0.39, 0.29) is 18.5 Å². The summed E-state index contributed by atoms with van der Waals surface area (Å²) in [6.45, 7) is 0.946. The van der Waals surface area contributed by atoms with Gasteiger partial charge in [0.25, 0.3) is 0 Å². The monoisotopic (exact) mass is 374 g/mol. The van der Waals surface area contributed by atoms with Crippen LogP contribution in [-0.2, 0) is 9.47 Å². The van der Waals surface area contributed by atoms with E-state index in [1.807, 2.05) is 0 Å². The first-order valence-electron chi connectivity index (χ1n) is 8.42. The van der Waals surface area contributed by atoms with Crippen molar-refractivity contribution in [2.24, 2.45) is 0 Å². The van der Waals surface area contributed by atoms with Gasteiger partial charge in [-0.05, 0) is 49.2 Å². The number of carbonyl (C=O) groups is 2. The van der Waals surface area contributed by atoms with E-state index in [1.54, 1.807) is 42.5 Å². The molecule has 1 fully saturated rings. The molecule has 0 aromatic heterocycles. The van der Waals surface area contributed by atoms with Gasteiger partial charge in [0, 0.05) is 17.2 Å². The minimum Gasteiger partial charge on any atom is -0.491 e. The van der Waals surface area contributed by atoms with Gasteiger partial charge in [0.2, 0.25) is 0 Å². The van der Waals surface area contributed by atoms with E-state index in [9.17, 15) is 9.59 Å². The van der Waals surface area contributed by atoms with Crippen LogP contribution in [-0.4, -0.2) is 37.7 Å². The molecule has 0 aliphatic carbocycles. The van der Waals surface area contributed by atoms with Gasteiger partial charge in [-0.15, -0.1) is 0 Å². The largest absolute Gasteiger partial charge is 0.491 e. The van der Waals surface area contributed by atoms with Crippen LogP contribution < -0.4 is 4.74 Å². The fraction of sp³-hybridized carbons (Fsp3) is 0.300. The number of ketones is 1. The summed E-state index contributed by atoms with van der Waals surface area (Å²) in [6, 6.07) is 13.1.